The van der Waals surface area contributed by atoms with E-state index in [0.717, 1.165) is 88.2 Å². The average Bonchev–Trinajstić information content (AvgIpc) is 1.74. The van der Waals surface area contributed by atoms with E-state index in [4.69, 9.17) is 49.0 Å². The van der Waals surface area contributed by atoms with Gasteiger partial charge in [-0.1, -0.05) is 77.6 Å². The minimum absolute atomic E-state index is 0.000279. The third-order valence-electron chi connectivity index (χ3n) is 25.4. The molecule has 4 fully saturated rings. The number of fused-ring (bicyclic) bond motifs is 3. The van der Waals surface area contributed by atoms with E-state index < -0.39 is 45.3 Å². The molecule has 7 aliphatic rings. The van der Waals surface area contributed by atoms with Crippen LogP contribution in [0.5, 0.6) is 17.2 Å². The first-order valence-electron chi connectivity index (χ1n) is 46.8. The molecule has 0 saturated carbocycles. The molecule has 0 radical (unpaired) electrons. The van der Waals surface area contributed by atoms with Crippen LogP contribution in [0.25, 0.3) is 0 Å². The Labute approximate surface area is 809 Å². The van der Waals surface area contributed by atoms with Gasteiger partial charge in [0.15, 0.2) is 47.0 Å². The fourth-order valence-electron chi connectivity index (χ4n) is 17.8. The summed E-state index contributed by atoms with van der Waals surface area (Å²) in [6.45, 7) is 37.7. The summed E-state index contributed by atoms with van der Waals surface area (Å²) in [5.74, 6) is 3.12. The van der Waals surface area contributed by atoms with E-state index in [0.29, 0.717) is 106 Å². The van der Waals surface area contributed by atoms with E-state index in [-0.39, 0.29) is 113 Å². The molecule has 10 heterocycles. The Bertz CT molecular complexity index is 6150. The van der Waals surface area contributed by atoms with E-state index >= 15 is 0 Å². The van der Waals surface area contributed by atoms with Gasteiger partial charge in [-0.05, 0) is 284 Å². The number of nitrogens with one attached hydrogen (secondary N) is 6. The summed E-state index contributed by atoms with van der Waals surface area (Å²) >= 11 is 19.4. The molecule has 37 heteroatoms. The van der Waals surface area contributed by atoms with Crippen LogP contribution in [0, 0.1) is 0 Å². The van der Waals surface area contributed by atoms with Gasteiger partial charge < -0.3 is 80.4 Å². The molecule has 0 spiro atoms. The molecule has 0 atom stereocenters. The summed E-state index contributed by atoms with van der Waals surface area (Å²) in [6, 6.07) is 32.8. The van der Waals surface area contributed by atoms with Crippen molar-refractivity contribution in [2.45, 2.75) is 247 Å². The molecule has 7 aliphatic heterocycles. The van der Waals surface area contributed by atoms with Crippen LogP contribution in [0.4, 0.5) is 69.4 Å². The standard InChI is InChI=1S/C36H48ClN7O4S.C32H41ClN6O4S.C30H37ClN6O4S/c1-24(2)48-32-20-26-23-44(19-18-42-16-12-27(13-17-42)43-14-8-5-9-15-43)35(45)28(26)21-31(32)40-36-38-22-29(37)34(41-36)39-30-10-6-7-11-33(30)49(46,47)25(3)4;1-19(2)38-13-11-23(12-14-38)39-18-22-15-28(43-20(3)4)27(16-24(22)31(39)40)36-32-34-17-25(33)30(37-32)35-26-9-7-8-10-29(26)44(41,42)21(5)6;1-18(2)41-26-14-20-17-37(21-10-12-36(5)13-11-21)29(38)22(20)15-25(26)34-30-32-16-23(31)28(35-30)33-24-8-6-7-9-27(24)42(39,40)19(3)4/h6-7,10-11,20-22,24-25,27H,5,8-9,12-19,23H2,1-4H3,(H2,38,39,40,41);7-10,15-17,19-21,23H,11-14,18H2,1-6H3,(H2,34,35,36,37);6-9,14-16,18-19,21H,10-13,17H2,1-5H3,(H2,32,33,34,35). The van der Waals surface area contributed by atoms with E-state index in [1.54, 1.807) is 120 Å². The maximum absolute atomic E-state index is 13.7. The normalized spacial score (nSPS) is 16.9. The second kappa shape index (κ2) is 43.6. The van der Waals surface area contributed by atoms with Gasteiger partial charge >= 0.3 is 0 Å². The zero-order valence-electron chi connectivity index (χ0n) is 79.5. The van der Waals surface area contributed by atoms with Gasteiger partial charge in [0.1, 0.15) is 32.3 Å². The molecular formula is C98H126Cl3N19O12S3. The molecule has 724 valence electrons. The van der Waals surface area contributed by atoms with Crippen molar-refractivity contribution in [2.24, 2.45) is 0 Å². The highest BCUT2D eigenvalue weighted by molar-refractivity contribution is 7.92. The van der Waals surface area contributed by atoms with E-state index in [2.05, 4.69) is 102 Å². The summed E-state index contributed by atoms with van der Waals surface area (Å²) in [5.41, 5.74) is 7.43. The Balaban J connectivity index is 0.000000163. The number of hydrogen-bond acceptors (Lipinski definition) is 28. The lowest BCUT2D eigenvalue weighted by atomic mass is 10.00. The van der Waals surface area contributed by atoms with E-state index in [1.165, 1.54) is 63.8 Å². The molecule has 0 bridgehead atoms. The summed E-state index contributed by atoms with van der Waals surface area (Å²) in [7, 11) is -8.59. The van der Waals surface area contributed by atoms with Crippen molar-refractivity contribution < 1.29 is 53.8 Å². The zero-order chi connectivity index (χ0) is 96.6. The van der Waals surface area contributed by atoms with Gasteiger partial charge in [-0.2, -0.15) is 15.0 Å². The topological polar surface area (TPSA) is 354 Å². The number of sulfone groups is 3. The predicted molar refractivity (Wildman–Crippen MR) is 533 cm³/mol. The Morgan fingerprint density at radius 3 is 1.07 bits per heavy atom. The third kappa shape index (κ3) is 23.9. The number of carbonyl (C=O) groups is 3. The number of rotatable bonds is 31. The van der Waals surface area contributed by atoms with Crippen LogP contribution in [0.15, 0.2) is 142 Å². The van der Waals surface area contributed by atoms with Crippen molar-refractivity contribution in [1.29, 1.82) is 0 Å². The van der Waals surface area contributed by atoms with Crippen molar-refractivity contribution in [1.82, 2.24) is 64.2 Å². The zero-order valence-corrected chi connectivity index (χ0v) is 84.2. The number of aromatic nitrogens is 6. The van der Waals surface area contributed by atoms with Gasteiger partial charge in [0.05, 0.1) is 101 Å². The first-order valence-corrected chi connectivity index (χ1v) is 52.5. The number of ether oxygens (including phenoxy) is 3. The first kappa shape index (κ1) is 101. The molecule has 0 unspecified atom stereocenters. The van der Waals surface area contributed by atoms with Crippen LogP contribution in [-0.4, -0.2) is 238 Å². The van der Waals surface area contributed by atoms with Crippen LogP contribution in [0.1, 0.15) is 202 Å². The Hall–Kier alpha value is -10.3. The van der Waals surface area contributed by atoms with Gasteiger partial charge in [0, 0.05) is 86.7 Å². The van der Waals surface area contributed by atoms with Crippen molar-refractivity contribution in [2.75, 3.05) is 104 Å². The number of nitrogens with zero attached hydrogens (tertiary/aromatic N) is 13. The minimum Gasteiger partial charge on any atom is -0.489 e. The lowest BCUT2D eigenvalue weighted by Gasteiger charge is -2.40. The second-order valence-electron chi connectivity index (χ2n) is 37.4. The number of halogens is 3. The largest absolute Gasteiger partial charge is 0.489 e. The second-order valence-corrected chi connectivity index (χ2v) is 46.0. The highest BCUT2D eigenvalue weighted by Gasteiger charge is 2.40. The highest BCUT2D eigenvalue weighted by Crippen LogP contribution is 2.44. The average molecular weight is 1960 g/mol. The van der Waals surface area contributed by atoms with Gasteiger partial charge in [0.25, 0.3) is 17.7 Å². The number of hydrogen-bond donors (Lipinski definition) is 6. The third-order valence-corrected chi connectivity index (χ3v) is 32.8. The van der Waals surface area contributed by atoms with Crippen LogP contribution >= 0.6 is 34.8 Å². The monoisotopic (exact) mass is 1960 g/mol. The number of carbonyl (C=O) groups excluding carboxylic acids is 3. The van der Waals surface area contributed by atoms with Crippen molar-refractivity contribution in [3.05, 3.63) is 176 Å². The van der Waals surface area contributed by atoms with Gasteiger partial charge in [-0.15, -0.1) is 0 Å². The summed E-state index contributed by atoms with van der Waals surface area (Å²) in [4.78, 5) is 83.8. The molecule has 6 N–H and O–H groups in total. The predicted octanol–water partition coefficient (Wildman–Crippen LogP) is 18.5. The molecule has 9 aromatic rings. The molecule has 4 saturated heterocycles. The summed E-state index contributed by atoms with van der Waals surface area (Å²) in [6.07, 6.45) is 14.2. The molecule has 31 nitrogen and oxygen atoms in total. The maximum atomic E-state index is 13.7. The van der Waals surface area contributed by atoms with Gasteiger partial charge in [0.2, 0.25) is 17.8 Å². The maximum Gasteiger partial charge on any atom is 0.254 e. The molecule has 3 aromatic heterocycles. The lowest BCUT2D eigenvalue weighted by molar-refractivity contribution is 0.0565. The first-order chi connectivity index (χ1) is 64.3. The molecule has 16 rings (SSSR count). The number of piperidine rings is 4. The van der Waals surface area contributed by atoms with Crippen molar-refractivity contribution in [3.8, 4) is 17.2 Å². The SMILES string of the molecule is CC(C)Oc1cc2c(cc1Nc1ncc(Cl)c(Nc3ccccc3S(=O)(=O)C(C)C)n1)C(=O)N(C1CCN(C(C)C)CC1)C2.CC(C)Oc1cc2c(cc1Nc1ncc(Cl)c(Nc3ccccc3S(=O)(=O)C(C)C)n1)C(=O)N(C1CCN(C)CC1)C2.CC(C)Oc1cc2c(cc1Nc1ncc(Cl)c(Nc3ccccc3S(=O)(=O)C(C)C)n1)C(=O)N(CCN1CCC(N3CCCCC3)CC1)C2. The number of likely N-dealkylation sites (tertiary alicyclic amines) is 4. The Morgan fingerprint density at radius 2 is 0.719 bits per heavy atom. The summed E-state index contributed by atoms with van der Waals surface area (Å²) in [5, 5.41) is 17.7. The Kier molecular flexibility index (Phi) is 32.5. The number of para-hydroxylation sites is 3. The Morgan fingerprint density at radius 1 is 0.385 bits per heavy atom. The molecule has 0 aliphatic carbocycles. The number of benzene rings is 6. The van der Waals surface area contributed by atoms with Crippen LogP contribution < -0.4 is 46.1 Å². The molecule has 135 heavy (non-hydrogen) atoms. The van der Waals surface area contributed by atoms with Crippen molar-refractivity contribution in [3.63, 3.8) is 0 Å². The minimum atomic E-state index is -3.57. The van der Waals surface area contributed by atoms with Gasteiger partial charge in [-0.3, -0.25) is 14.4 Å². The van der Waals surface area contributed by atoms with Crippen LogP contribution in [-0.2, 0) is 49.1 Å². The molecule has 3 amide bonds. The fourth-order valence-corrected chi connectivity index (χ4v) is 21.8. The fraction of sp³-hybridized carbons (Fsp3) is 0.480. The summed E-state index contributed by atoms with van der Waals surface area (Å²) < 4.78 is 96.4. The van der Waals surface area contributed by atoms with E-state index in [1.807, 2.05) is 86.6 Å². The quantitative estimate of drug-likeness (QED) is 0.0235. The van der Waals surface area contributed by atoms with Gasteiger partial charge in [-0.25, -0.2) is 40.2 Å². The molecule has 6 aromatic carbocycles. The highest BCUT2D eigenvalue weighted by atomic mass is 35.5. The van der Waals surface area contributed by atoms with E-state index in [9.17, 15) is 39.6 Å². The lowest BCUT2D eigenvalue weighted by Crippen LogP contribution is -2.48. The smallest absolute Gasteiger partial charge is 0.254 e. The number of anilines is 12. The molecular weight excluding hydrogens is 1840 g/mol. The van der Waals surface area contributed by atoms with Crippen LogP contribution in [0.2, 0.25) is 15.1 Å². The van der Waals surface area contributed by atoms with Crippen molar-refractivity contribution >= 4 is 151 Å². The number of amides is 3. The van der Waals surface area contributed by atoms with Crippen LogP contribution in [0.3, 0.4) is 0 Å².